The third-order valence-electron chi connectivity index (χ3n) is 3.09. The van der Waals surface area contributed by atoms with Crippen LogP contribution in [0.1, 0.15) is 19.8 Å². The molecule has 5 heteroatoms. The molecule has 1 atom stereocenters. The van der Waals surface area contributed by atoms with E-state index in [-0.39, 0.29) is 5.75 Å². The van der Waals surface area contributed by atoms with E-state index in [0.717, 1.165) is 26.1 Å². The molecule has 1 unspecified atom stereocenters. The molecule has 0 radical (unpaired) electrons. The van der Waals surface area contributed by atoms with Crippen LogP contribution in [-0.4, -0.2) is 51.0 Å². The third-order valence-corrected chi connectivity index (χ3v) is 4.78. The highest BCUT2D eigenvalue weighted by molar-refractivity contribution is 7.91. The van der Waals surface area contributed by atoms with Crippen molar-refractivity contribution in [1.82, 2.24) is 4.90 Å². The fraction of sp³-hybridized carbons (Fsp3) is 1.00. The van der Waals surface area contributed by atoms with E-state index in [1.807, 2.05) is 0 Å². The van der Waals surface area contributed by atoms with Gasteiger partial charge in [-0.1, -0.05) is 6.92 Å². The predicted octanol–water partition coefficient (Wildman–Crippen LogP) is 0.0918. The van der Waals surface area contributed by atoms with Gasteiger partial charge < -0.3 is 10.6 Å². The minimum absolute atomic E-state index is 0.251. The summed E-state index contributed by atoms with van der Waals surface area (Å²) in [5, 5.41) is 0. The second-order valence-corrected chi connectivity index (χ2v) is 6.75. The second-order valence-electron chi connectivity index (χ2n) is 4.28. The fourth-order valence-corrected chi connectivity index (χ4v) is 2.78. The van der Waals surface area contributed by atoms with Gasteiger partial charge >= 0.3 is 0 Å². The Kier molecular flexibility index (Phi) is 5.02. The van der Waals surface area contributed by atoms with Gasteiger partial charge in [-0.3, -0.25) is 0 Å². The maximum Gasteiger partial charge on any atom is 0.151 e. The summed E-state index contributed by atoms with van der Waals surface area (Å²) in [5.74, 6) is 1.10. The lowest BCUT2D eigenvalue weighted by Gasteiger charge is -2.31. The van der Waals surface area contributed by atoms with Crippen molar-refractivity contribution in [3.63, 3.8) is 0 Å². The van der Waals surface area contributed by atoms with E-state index in [4.69, 9.17) is 5.73 Å². The van der Waals surface area contributed by atoms with Crippen molar-refractivity contribution in [3.05, 3.63) is 0 Å². The minimum atomic E-state index is -2.82. The van der Waals surface area contributed by atoms with Crippen molar-refractivity contribution in [1.29, 1.82) is 0 Å². The molecule has 0 aromatic rings. The Hall–Kier alpha value is -0.130. The van der Waals surface area contributed by atoms with E-state index in [1.165, 1.54) is 6.42 Å². The van der Waals surface area contributed by atoms with Crippen LogP contribution in [0, 0.1) is 5.92 Å². The van der Waals surface area contributed by atoms with Gasteiger partial charge in [0.2, 0.25) is 0 Å². The molecule has 1 rings (SSSR count). The molecule has 0 aromatic carbocycles. The van der Waals surface area contributed by atoms with Crippen molar-refractivity contribution in [3.8, 4) is 0 Å². The summed E-state index contributed by atoms with van der Waals surface area (Å²) >= 11 is 0. The zero-order valence-corrected chi connectivity index (χ0v) is 10.3. The quantitative estimate of drug-likeness (QED) is 0.732. The summed E-state index contributed by atoms with van der Waals surface area (Å²) in [5.41, 5.74) is 5.63. The third kappa shape index (κ3) is 4.49. The molecule has 1 saturated heterocycles. The monoisotopic (exact) mass is 234 g/mol. The molecule has 2 N–H and O–H groups in total. The molecular weight excluding hydrogens is 212 g/mol. The highest BCUT2D eigenvalue weighted by Crippen LogP contribution is 2.14. The van der Waals surface area contributed by atoms with E-state index in [0.29, 0.717) is 18.2 Å². The van der Waals surface area contributed by atoms with E-state index in [9.17, 15) is 8.42 Å². The molecule has 1 fully saturated rings. The molecular formula is C10H22N2O2S. The summed E-state index contributed by atoms with van der Waals surface area (Å²) in [6.07, 6.45) is 2.33. The largest absolute Gasteiger partial charge is 0.330 e. The maximum absolute atomic E-state index is 11.3. The summed E-state index contributed by atoms with van der Waals surface area (Å²) < 4.78 is 22.7. The van der Waals surface area contributed by atoms with Gasteiger partial charge in [0.05, 0.1) is 5.75 Å². The summed E-state index contributed by atoms with van der Waals surface area (Å²) in [6.45, 7) is 5.09. The Morgan fingerprint density at radius 1 is 1.47 bits per heavy atom. The molecule has 0 aromatic heterocycles. The van der Waals surface area contributed by atoms with Crippen LogP contribution in [0.5, 0.6) is 0 Å². The topological polar surface area (TPSA) is 63.4 Å². The van der Waals surface area contributed by atoms with Gasteiger partial charge in [0.1, 0.15) is 0 Å². The number of sulfone groups is 1. The number of nitrogens with zero attached hydrogens (tertiary/aromatic N) is 1. The molecule has 1 aliphatic heterocycles. The lowest BCUT2D eigenvalue weighted by molar-refractivity contribution is 0.187. The van der Waals surface area contributed by atoms with Crippen LogP contribution >= 0.6 is 0 Å². The zero-order valence-electron chi connectivity index (χ0n) is 9.48. The highest BCUT2D eigenvalue weighted by atomic mass is 32.2. The van der Waals surface area contributed by atoms with Crippen LogP contribution in [0.15, 0.2) is 0 Å². The number of hydrogen-bond donors (Lipinski definition) is 1. The molecule has 0 saturated carbocycles. The Morgan fingerprint density at radius 2 is 2.20 bits per heavy atom. The Morgan fingerprint density at radius 3 is 2.80 bits per heavy atom. The lowest BCUT2D eigenvalue weighted by atomic mass is 9.98. The first-order valence-corrected chi connectivity index (χ1v) is 7.52. The van der Waals surface area contributed by atoms with Crippen molar-refractivity contribution >= 4 is 9.84 Å². The number of hydrogen-bond acceptors (Lipinski definition) is 4. The normalized spacial score (nSPS) is 24.3. The van der Waals surface area contributed by atoms with E-state index in [2.05, 4.69) is 4.90 Å². The molecule has 4 nitrogen and oxygen atoms in total. The molecule has 0 spiro atoms. The van der Waals surface area contributed by atoms with Crippen LogP contribution < -0.4 is 5.73 Å². The predicted molar refractivity (Wildman–Crippen MR) is 62.5 cm³/mol. The second kappa shape index (κ2) is 5.82. The minimum Gasteiger partial charge on any atom is -0.330 e. The first-order valence-electron chi connectivity index (χ1n) is 5.70. The molecule has 1 heterocycles. The van der Waals surface area contributed by atoms with Crippen LogP contribution in [0.25, 0.3) is 0 Å². The summed E-state index contributed by atoms with van der Waals surface area (Å²) in [7, 11) is -2.82. The Balaban J connectivity index is 2.33. The highest BCUT2D eigenvalue weighted by Gasteiger charge is 2.19. The number of likely N-dealkylation sites (tertiary alicyclic amines) is 1. The van der Waals surface area contributed by atoms with Gasteiger partial charge in [0.25, 0.3) is 0 Å². The Labute approximate surface area is 92.7 Å². The average molecular weight is 234 g/mol. The van der Waals surface area contributed by atoms with Crippen molar-refractivity contribution in [2.45, 2.75) is 19.8 Å². The standard InChI is InChI=1S/C10H22N2O2S/c1-2-15(13,14)7-6-12-5-3-4-10(8-11)9-12/h10H,2-9,11H2,1H3. The van der Waals surface area contributed by atoms with Crippen LogP contribution in [-0.2, 0) is 9.84 Å². The molecule has 0 aliphatic carbocycles. The number of piperidine rings is 1. The fourth-order valence-electron chi connectivity index (χ4n) is 1.96. The average Bonchev–Trinajstić information content (AvgIpc) is 2.27. The first kappa shape index (κ1) is 12.9. The van der Waals surface area contributed by atoms with Crippen LogP contribution in [0.2, 0.25) is 0 Å². The summed E-state index contributed by atoms with van der Waals surface area (Å²) in [4.78, 5) is 2.23. The van der Waals surface area contributed by atoms with E-state index >= 15 is 0 Å². The first-order chi connectivity index (χ1) is 7.07. The van der Waals surface area contributed by atoms with E-state index in [1.54, 1.807) is 6.92 Å². The van der Waals surface area contributed by atoms with Crippen LogP contribution in [0.3, 0.4) is 0 Å². The van der Waals surface area contributed by atoms with Crippen molar-refractivity contribution < 1.29 is 8.42 Å². The molecule has 15 heavy (non-hydrogen) atoms. The number of rotatable bonds is 5. The van der Waals surface area contributed by atoms with Gasteiger partial charge in [-0.25, -0.2) is 8.42 Å². The van der Waals surface area contributed by atoms with Crippen molar-refractivity contribution in [2.75, 3.05) is 37.7 Å². The number of nitrogens with two attached hydrogens (primary N) is 1. The molecule has 1 aliphatic rings. The lowest BCUT2D eigenvalue weighted by Crippen LogP contribution is -2.40. The summed E-state index contributed by atoms with van der Waals surface area (Å²) in [6, 6.07) is 0. The maximum atomic E-state index is 11.3. The van der Waals surface area contributed by atoms with Gasteiger partial charge in [-0.05, 0) is 31.8 Å². The zero-order chi connectivity index (χ0) is 11.3. The van der Waals surface area contributed by atoms with Gasteiger partial charge in [-0.2, -0.15) is 0 Å². The smallest absolute Gasteiger partial charge is 0.151 e. The van der Waals surface area contributed by atoms with Gasteiger partial charge in [0.15, 0.2) is 9.84 Å². The van der Waals surface area contributed by atoms with E-state index < -0.39 is 9.84 Å². The van der Waals surface area contributed by atoms with Crippen molar-refractivity contribution in [2.24, 2.45) is 11.7 Å². The Bertz CT molecular complexity index is 277. The van der Waals surface area contributed by atoms with Crippen LogP contribution in [0.4, 0.5) is 0 Å². The SMILES string of the molecule is CCS(=O)(=O)CCN1CCCC(CN)C1. The van der Waals surface area contributed by atoms with Gasteiger partial charge in [-0.15, -0.1) is 0 Å². The van der Waals surface area contributed by atoms with Gasteiger partial charge in [0, 0.05) is 18.8 Å². The molecule has 0 bridgehead atoms. The molecule has 0 amide bonds. The molecule has 90 valence electrons.